The van der Waals surface area contributed by atoms with Crippen molar-refractivity contribution < 1.29 is 0 Å². The van der Waals surface area contributed by atoms with Crippen molar-refractivity contribution in [3.63, 3.8) is 0 Å². The third-order valence-electron chi connectivity index (χ3n) is 9.53. The number of halogens is 2. The molecule has 3 aliphatic rings. The van der Waals surface area contributed by atoms with Gasteiger partial charge in [0.25, 0.3) is 0 Å². The zero-order valence-electron chi connectivity index (χ0n) is 26.6. The van der Waals surface area contributed by atoms with Gasteiger partial charge in [-0.25, -0.2) is 4.99 Å². The van der Waals surface area contributed by atoms with Crippen molar-refractivity contribution in [3.05, 3.63) is 74.8 Å². The van der Waals surface area contributed by atoms with Crippen LogP contribution in [0.4, 0.5) is 0 Å². The Bertz CT molecular complexity index is 1690. The molecule has 0 aliphatic carbocycles. The lowest BCUT2D eigenvalue weighted by Gasteiger charge is -2.41. The van der Waals surface area contributed by atoms with Gasteiger partial charge in [0.2, 0.25) is 0 Å². The van der Waals surface area contributed by atoms with E-state index in [4.69, 9.17) is 33.2 Å². The van der Waals surface area contributed by atoms with Crippen molar-refractivity contribution in [2.75, 3.05) is 0 Å². The van der Waals surface area contributed by atoms with Crippen LogP contribution in [0, 0.1) is 0 Å². The summed E-state index contributed by atoms with van der Waals surface area (Å²) >= 11 is 15.9. The lowest BCUT2D eigenvalue weighted by atomic mass is 9.83. The highest BCUT2D eigenvalue weighted by Gasteiger charge is 2.56. The Balaban J connectivity index is 2.03. The number of hydrogen-bond donors (Lipinski definition) is 1. The summed E-state index contributed by atoms with van der Waals surface area (Å²) in [5.41, 5.74) is 12.8. The number of aromatic nitrogens is 2. The van der Waals surface area contributed by atoms with Crippen LogP contribution in [-0.4, -0.2) is 26.0 Å². The molecule has 0 amide bonds. The minimum Gasteiger partial charge on any atom is -0.355 e. The molecule has 0 spiro atoms. The van der Waals surface area contributed by atoms with Crippen LogP contribution in [0.3, 0.4) is 0 Å². The van der Waals surface area contributed by atoms with E-state index < -0.39 is 9.87 Å². The third kappa shape index (κ3) is 4.39. The Labute approximate surface area is 261 Å². The number of aliphatic imine (C=N–C) groups is 2. The van der Waals surface area contributed by atoms with Crippen LogP contribution in [0.2, 0.25) is 0 Å². The van der Waals surface area contributed by atoms with E-state index in [1.54, 1.807) is 0 Å². The lowest BCUT2D eigenvalue weighted by Crippen LogP contribution is -2.44. The number of H-pyrrole nitrogens is 1. The molecule has 2 aromatic heterocycles. The predicted octanol–water partition coefficient (Wildman–Crippen LogP) is 8.50. The fourth-order valence-electron chi connectivity index (χ4n) is 7.46. The second kappa shape index (κ2) is 11.8. The number of hydrogen-bond acceptors (Lipinski definition) is 2. The molecule has 2 unspecified atom stereocenters. The predicted molar refractivity (Wildman–Crippen MR) is 182 cm³/mol. The summed E-state index contributed by atoms with van der Waals surface area (Å²) in [6.07, 6.45) is 12.4. The highest BCUT2D eigenvalue weighted by atomic mass is 35.5. The zero-order chi connectivity index (χ0) is 30.4. The molecule has 0 radical (unpaired) electrons. The SMILES string of the molecule is CCC1=CC2=NC1(Cl)C(Cl)(CC)c1c(CC)c(CC)c(n1CC)C(CC)=C1C=CC(=N1)C(CC)=c1ccc([nH]1)=C2CC. The number of aromatic amines is 1. The maximum absolute atomic E-state index is 8.02. The van der Waals surface area contributed by atoms with Gasteiger partial charge in [-0.05, 0) is 98.9 Å². The summed E-state index contributed by atoms with van der Waals surface area (Å²) in [6.45, 7) is 18.5. The van der Waals surface area contributed by atoms with Crippen molar-refractivity contribution in [3.8, 4) is 0 Å². The van der Waals surface area contributed by atoms with E-state index in [1.165, 1.54) is 28.0 Å². The van der Waals surface area contributed by atoms with E-state index in [-0.39, 0.29) is 0 Å². The second-order valence-corrected chi connectivity index (χ2v) is 12.6. The Hall–Kier alpha value is -2.56. The first kappa shape index (κ1) is 30.9. The molecule has 0 fully saturated rings. The second-order valence-electron chi connectivity index (χ2n) is 11.4. The smallest absolute Gasteiger partial charge is 0.180 e. The Morgan fingerprint density at radius 3 is 1.88 bits per heavy atom. The molecule has 0 aromatic carbocycles. The van der Waals surface area contributed by atoms with Crippen LogP contribution in [0.1, 0.15) is 110 Å². The van der Waals surface area contributed by atoms with E-state index in [0.29, 0.717) is 6.42 Å². The van der Waals surface area contributed by atoms with Crippen LogP contribution in [0.25, 0.3) is 16.7 Å². The fraction of sp³-hybridized carbons (Fsp3) is 0.500. The van der Waals surface area contributed by atoms with Crippen molar-refractivity contribution in [2.45, 2.75) is 117 Å². The van der Waals surface area contributed by atoms with Gasteiger partial charge in [-0.2, -0.15) is 0 Å². The van der Waals surface area contributed by atoms with E-state index in [9.17, 15) is 0 Å². The minimum absolute atomic E-state index is 0.648. The summed E-state index contributed by atoms with van der Waals surface area (Å²) < 4.78 is 2.46. The number of nitrogens with zero attached hydrogens (tertiary/aromatic N) is 3. The number of nitrogens with one attached hydrogen (secondary N) is 1. The number of fused-ring (bicyclic) bond motifs is 6. The van der Waals surface area contributed by atoms with Gasteiger partial charge in [-0.3, -0.25) is 4.99 Å². The van der Waals surface area contributed by atoms with Crippen LogP contribution < -0.4 is 10.7 Å². The maximum atomic E-state index is 8.02. The van der Waals surface area contributed by atoms with Gasteiger partial charge in [0.15, 0.2) is 5.00 Å². The standard InChI is InChI=1S/C36H46Cl2N4/c1-9-22-21-32-26(13-5)30-18-17-28(39-30)25(12-4)29-19-20-31(40-29)27(14-6)33-23(10-2)24(11-3)34(42(33)16-8)35(37,15-7)36(22,38)41-32/h17-21,39H,9-16H2,1-8H3. The number of rotatable bonds is 8. The molecule has 0 saturated carbocycles. The molecule has 2 atom stereocenters. The monoisotopic (exact) mass is 604 g/mol. The Morgan fingerprint density at radius 2 is 1.36 bits per heavy atom. The van der Waals surface area contributed by atoms with Gasteiger partial charge in [0.05, 0.1) is 17.1 Å². The molecule has 42 heavy (non-hydrogen) atoms. The topological polar surface area (TPSA) is 45.4 Å². The van der Waals surface area contributed by atoms with E-state index in [2.05, 4.69) is 95.3 Å². The molecule has 6 heteroatoms. The van der Waals surface area contributed by atoms with Gasteiger partial charge >= 0.3 is 0 Å². The molecule has 224 valence electrons. The number of allylic oxidation sites excluding steroid dienone is 4. The quantitative estimate of drug-likeness (QED) is 0.232. The van der Waals surface area contributed by atoms with E-state index in [1.807, 2.05) is 0 Å². The molecular formula is C36H46Cl2N4. The summed E-state index contributed by atoms with van der Waals surface area (Å²) in [4.78, 5) is 12.4. The first-order valence-corrected chi connectivity index (χ1v) is 16.8. The van der Waals surface area contributed by atoms with Crippen LogP contribution in [0.15, 0.2) is 51.6 Å². The molecule has 0 saturated heterocycles. The summed E-state index contributed by atoms with van der Waals surface area (Å²) in [5, 5.41) is 2.17. The first-order valence-electron chi connectivity index (χ1n) is 16.1. The first-order chi connectivity index (χ1) is 20.2. The summed E-state index contributed by atoms with van der Waals surface area (Å²) in [6, 6.07) is 4.36. The van der Waals surface area contributed by atoms with E-state index in [0.717, 1.165) is 89.7 Å². The molecule has 4 nitrogen and oxygen atoms in total. The van der Waals surface area contributed by atoms with Crippen LogP contribution in [0.5, 0.6) is 0 Å². The zero-order valence-corrected chi connectivity index (χ0v) is 28.2. The number of alkyl halides is 2. The average Bonchev–Trinajstić information content (AvgIpc) is 3.79. The summed E-state index contributed by atoms with van der Waals surface area (Å²) in [5.74, 6) is 0. The normalized spacial score (nSPS) is 23.6. The highest BCUT2D eigenvalue weighted by molar-refractivity contribution is 6.39. The lowest BCUT2D eigenvalue weighted by molar-refractivity contribution is 0.427. The molecule has 3 aliphatic heterocycles. The molecule has 8 bridgehead atoms. The van der Waals surface area contributed by atoms with Gasteiger partial charge < -0.3 is 9.55 Å². The van der Waals surface area contributed by atoms with Gasteiger partial charge in [-0.15, -0.1) is 11.6 Å². The van der Waals surface area contributed by atoms with Gasteiger partial charge in [0, 0.05) is 45.4 Å². The van der Waals surface area contributed by atoms with Crippen molar-refractivity contribution in [1.29, 1.82) is 0 Å². The molecule has 5 rings (SSSR count). The van der Waals surface area contributed by atoms with Crippen molar-refractivity contribution >= 4 is 51.3 Å². The van der Waals surface area contributed by atoms with Crippen LogP contribution in [-0.2, 0) is 24.3 Å². The molecule has 2 aromatic rings. The third-order valence-corrected chi connectivity index (χ3v) is 11.0. The molecule has 5 heterocycles. The fourth-order valence-corrected chi connectivity index (χ4v) is 8.34. The minimum atomic E-state index is -1.10. The summed E-state index contributed by atoms with van der Waals surface area (Å²) in [7, 11) is 0. The average molecular weight is 606 g/mol. The van der Waals surface area contributed by atoms with Crippen molar-refractivity contribution in [2.24, 2.45) is 9.98 Å². The molecular weight excluding hydrogens is 559 g/mol. The van der Waals surface area contributed by atoms with Gasteiger partial charge in [0.1, 0.15) is 4.87 Å². The Kier molecular flexibility index (Phi) is 8.71. The van der Waals surface area contributed by atoms with Gasteiger partial charge in [-0.1, -0.05) is 60.1 Å². The maximum Gasteiger partial charge on any atom is 0.180 e. The van der Waals surface area contributed by atoms with Crippen LogP contribution >= 0.6 is 23.2 Å². The highest BCUT2D eigenvalue weighted by Crippen LogP contribution is 2.57. The Morgan fingerprint density at radius 1 is 0.738 bits per heavy atom. The largest absolute Gasteiger partial charge is 0.355 e. The van der Waals surface area contributed by atoms with Crippen molar-refractivity contribution in [1.82, 2.24) is 9.55 Å². The van der Waals surface area contributed by atoms with E-state index >= 15 is 0 Å². The molecule has 1 N–H and O–H groups in total.